The minimum absolute atomic E-state index is 0.0220. The van der Waals surface area contributed by atoms with Gasteiger partial charge < -0.3 is 10.6 Å². The molecule has 0 saturated heterocycles. The summed E-state index contributed by atoms with van der Waals surface area (Å²) in [5.74, 6) is 0.00241. The van der Waals surface area contributed by atoms with Crippen molar-refractivity contribution >= 4 is 28.6 Å². The number of alkyl halides is 3. The number of anilines is 3. The highest BCUT2D eigenvalue weighted by Crippen LogP contribution is 2.34. The second-order valence-electron chi connectivity index (χ2n) is 4.56. The van der Waals surface area contributed by atoms with Crippen molar-refractivity contribution in [2.75, 3.05) is 17.7 Å². The molecule has 120 valence electrons. The maximum atomic E-state index is 12.8. The Kier molecular flexibility index (Phi) is 3.47. The Balaban J connectivity index is 2.00. The summed E-state index contributed by atoms with van der Waals surface area (Å²) in [6.45, 7) is 0. The number of nitrogens with one attached hydrogen (secondary N) is 2. The van der Waals surface area contributed by atoms with Gasteiger partial charge in [-0.1, -0.05) is 0 Å². The predicted molar refractivity (Wildman–Crippen MR) is 76.2 cm³/mol. The highest BCUT2D eigenvalue weighted by atomic mass is 19.4. The third kappa shape index (κ3) is 2.72. The van der Waals surface area contributed by atoms with E-state index in [2.05, 4.69) is 35.7 Å². The van der Waals surface area contributed by atoms with Gasteiger partial charge in [-0.05, 0) is 0 Å². The number of aromatic nitrogens is 6. The number of halogens is 3. The summed E-state index contributed by atoms with van der Waals surface area (Å²) < 4.78 is 40.0. The van der Waals surface area contributed by atoms with E-state index in [-0.39, 0.29) is 11.8 Å². The lowest BCUT2D eigenvalue weighted by molar-refractivity contribution is -0.137. The van der Waals surface area contributed by atoms with Crippen molar-refractivity contribution < 1.29 is 13.2 Å². The first-order valence-corrected chi connectivity index (χ1v) is 6.42. The van der Waals surface area contributed by atoms with Crippen LogP contribution < -0.4 is 10.6 Å². The molecule has 0 fully saturated rings. The molecule has 8 nitrogen and oxygen atoms in total. The lowest BCUT2D eigenvalue weighted by atomic mass is 10.3. The molecule has 0 aromatic carbocycles. The Hall–Kier alpha value is -2.98. The van der Waals surface area contributed by atoms with Gasteiger partial charge >= 0.3 is 6.18 Å². The molecule has 0 bridgehead atoms. The summed E-state index contributed by atoms with van der Waals surface area (Å²) >= 11 is 0. The number of hydrogen-bond donors (Lipinski definition) is 2. The molecule has 0 spiro atoms. The molecule has 0 radical (unpaired) electrons. The average molecular weight is 324 g/mol. The van der Waals surface area contributed by atoms with Gasteiger partial charge in [-0.2, -0.15) is 23.3 Å². The van der Waals surface area contributed by atoms with E-state index in [0.29, 0.717) is 23.0 Å². The molecule has 0 aliphatic heterocycles. The van der Waals surface area contributed by atoms with E-state index in [1.54, 1.807) is 13.2 Å². The fourth-order valence-corrected chi connectivity index (χ4v) is 2.04. The van der Waals surface area contributed by atoms with Crippen LogP contribution in [0.15, 0.2) is 18.7 Å². The van der Waals surface area contributed by atoms with E-state index in [4.69, 9.17) is 0 Å². The van der Waals surface area contributed by atoms with Crippen molar-refractivity contribution in [3.8, 4) is 0 Å². The third-order valence-corrected chi connectivity index (χ3v) is 3.06. The second kappa shape index (κ2) is 5.34. The molecular formula is C12H11F3N8. The first-order chi connectivity index (χ1) is 10.9. The van der Waals surface area contributed by atoms with Crippen LogP contribution in [0.2, 0.25) is 0 Å². The highest BCUT2D eigenvalue weighted by molar-refractivity contribution is 5.88. The zero-order valence-corrected chi connectivity index (χ0v) is 12.0. The van der Waals surface area contributed by atoms with Crippen molar-refractivity contribution in [3.63, 3.8) is 0 Å². The van der Waals surface area contributed by atoms with Crippen LogP contribution in [-0.4, -0.2) is 36.8 Å². The van der Waals surface area contributed by atoms with Crippen LogP contribution in [-0.2, 0) is 13.2 Å². The molecule has 3 rings (SSSR count). The summed E-state index contributed by atoms with van der Waals surface area (Å²) in [4.78, 5) is 15.5. The molecule has 3 aromatic heterocycles. The molecule has 23 heavy (non-hydrogen) atoms. The van der Waals surface area contributed by atoms with Gasteiger partial charge in [-0.25, -0.2) is 19.6 Å². The van der Waals surface area contributed by atoms with E-state index in [1.807, 2.05) is 0 Å². The fourth-order valence-electron chi connectivity index (χ4n) is 2.04. The zero-order valence-electron chi connectivity index (χ0n) is 12.0. The van der Waals surface area contributed by atoms with Crippen molar-refractivity contribution in [1.29, 1.82) is 0 Å². The Morgan fingerprint density at radius 2 is 1.91 bits per heavy atom. The molecule has 0 aliphatic carbocycles. The van der Waals surface area contributed by atoms with Gasteiger partial charge in [0.05, 0.1) is 5.39 Å². The van der Waals surface area contributed by atoms with Gasteiger partial charge in [0.2, 0.25) is 5.95 Å². The Bertz CT molecular complexity index is 857. The minimum Gasteiger partial charge on any atom is -0.372 e. The standard InChI is InChI=1S/C12H11F3N8/c1-16-9-7(12(13,14)15)4-18-11(21-9)20-8-6-3-17-5-19-10(6)23(2)22-8/h3-5H,1-2H3,(H2,16,18,20,21,22). The van der Waals surface area contributed by atoms with Gasteiger partial charge in [-0.15, -0.1) is 0 Å². The van der Waals surface area contributed by atoms with Gasteiger partial charge in [-0.3, -0.25) is 0 Å². The van der Waals surface area contributed by atoms with Crippen molar-refractivity contribution in [1.82, 2.24) is 29.7 Å². The zero-order chi connectivity index (χ0) is 16.6. The van der Waals surface area contributed by atoms with E-state index < -0.39 is 11.7 Å². The molecule has 3 aromatic rings. The molecule has 0 amide bonds. The number of nitrogens with zero attached hydrogens (tertiary/aromatic N) is 6. The van der Waals surface area contributed by atoms with Crippen LogP contribution in [0.25, 0.3) is 11.0 Å². The van der Waals surface area contributed by atoms with Crippen molar-refractivity contribution in [3.05, 3.63) is 24.3 Å². The van der Waals surface area contributed by atoms with Gasteiger partial charge in [0.1, 0.15) is 17.7 Å². The monoisotopic (exact) mass is 324 g/mol. The molecule has 3 heterocycles. The summed E-state index contributed by atoms with van der Waals surface area (Å²) in [6.07, 6.45) is -0.909. The van der Waals surface area contributed by atoms with E-state index in [9.17, 15) is 13.2 Å². The topological polar surface area (TPSA) is 93.4 Å². The smallest absolute Gasteiger partial charge is 0.372 e. The largest absolute Gasteiger partial charge is 0.421 e. The fraction of sp³-hybridized carbons (Fsp3) is 0.250. The van der Waals surface area contributed by atoms with E-state index in [1.165, 1.54) is 18.1 Å². The number of rotatable bonds is 3. The Labute approximate surface area is 127 Å². The molecule has 0 saturated carbocycles. The molecule has 0 unspecified atom stereocenters. The van der Waals surface area contributed by atoms with Gasteiger partial charge in [0, 0.05) is 26.5 Å². The van der Waals surface area contributed by atoms with Crippen molar-refractivity contribution in [2.45, 2.75) is 6.18 Å². The molecule has 0 atom stereocenters. The number of hydrogen-bond acceptors (Lipinski definition) is 7. The Morgan fingerprint density at radius 1 is 1.13 bits per heavy atom. The maximum absolute atomic E-state index is 12.8. The summed E-state index contributed by atoms with van der Waals surface area (Å²) in [6, 6.07) is 0. The molecule has 0 aliphatic rings. The molecule has 11 heteroatoms. The maximum Gasteiger partial charge on any atom is 0.421 e. The van der Waals surface area contributed by atoms with Crippen LogP contribution in [0, 0.1) is 0 Å². The first kappa shape index (κ1) is 14.9. The first-order valence-electron chi connectivity index (χ1n) is 6.42. The average Bonchev–Trinajstić information content (AvgIpc) is 2.83. The molecular weight excluding hydrogens is 313 g/mol. The lowest BCUT2D eigenvalue weighted by Crippen LogP contribution is -2.12. The van der Waals surface area contributed by atoms with E-state index >= 15 is 0 Å². The summed E-state index contributed by atoms with van der Waals surface area (Å²) in [5, 5.41) is 9.98. The van der Waals surface area contributed by atoms with Crippen LogP contribution in [0.3, 0.4) is 0 Å². The van der Waals surface area contributed by atoms with Crippen LogP contribution in [0.4, 0.5) is 30.8 Å². The number of fused-ring (bicyclic) bond motifs is 1. The van der Waals surface area contributed by atoms with Crippen LogP contribution >= 0.6 is 0 Å². The van der Waals surface area contributed by atoms with Crippen LogP contribution in [0.5, 0.6) is 0 Å². The second-order valence-corrected chi connectivity index (χ2v) is 4.56. The quantitative estimate of drug-likeness (QED) is 0.760. The highest BCUT2D eigenvalue weighted by Gasteiger charge is 2.35. The number of aryl methyl sites for hydroxylation is 1. The third-order valence-electron chi connectivity index (χ3n) is 3.06. The van der Waals surface area contributed by atoms with E-state index in [0.717, 1.165) is 0 Å². The summed E-state index contributed by atoms with van der Waals surface area (Å²) in [5.41, 5.74) is -0.372. The molecule has 2 N–H and O–H groups in total. The van der Waals surface area contributed by atoms with Crippen molar-refractivity contribution in [2.24, 2.45) is 7.05 Å². The summed E-state index contributed by atoms with van der Waals surface area (Å²) in [7, 11) is 3.04. The minimum atomic E-state index is -4.54. The SMILES string of the molecule is CNc1nc(Nc2nn(C)c3ncncc23)ncc1C(F)(F)F. The van der Waals surface area contributed by atoms with Crippen LogP contribution in [0.1, 0.15) is 5.56 Å². The normalized spacial score (nSPS) is 11.7. The lowest BCUT2D eigenvalue weighted by Gasteiger charge is -2.12. The van der Waals surface area contributed by atoms with Gasteiger partial charge in [0.15, 0.2) is 11.5 Å². The Morgan fingerprint density at radius 3 is 2.61 bits per heavy atom. The predicted octanol–water partition coefficient (Wildman–Crippen LogP) is 1.96. The van der Waals surface area contributed by atoms with Gasteiger partial charge in [0.25, 0.3) is 0 Å².